The number of fused-ring (bicyclic) bond motifs is 1. The van der Waals surface area contributed by atoms with Gasteiger partial charge in [0, 0.05) is 24.9 Å². The van der Waals surface area contributed by atoms with E-state index in [2.05, 4.69) is 30.0 Å². The van der Waals surface area contributed by atoms with E-state index < -0.39 is 17.3 Å². The number of hydrogen-bond acceptors (Lipinski definition) is 6. The van der Waals surface area contributed by atoms with Gasteiger partial charge < -0.3 is 5.41 Å². The largest absolute Gasteiger partial charge is 0.305 e. The number of rotatable bonds is 2. The van der Waals surface area contributed by atoms with Crippen molar-refractivity contribution < 1.29 is 0 Å². The Labute approximate surface area is 145 Å². The number of hydrogen-bond donors (Lipinski definition) is 1. The number of thiophene rings is 1. The zero-order valence-electron chi connectivity index (χ0n) is 13.4. The minimum absolute atomic E-state index is 0.0707. The van der Waals surface area contributed by atoms with Crippen LogP contribution >= 0.6 is 11.3 Å². The maximum atomic E-state index is 9.86. The second-order valence-corrected chi connectivity index (χ2v) is 6.98. The maximum absolute atomic E-state index is 9.86. The molecule has 3 atom stereocenters. The summed E-state index contributed by atoms with van der Waals surface area (Å²) in [4.78, 5) is 2.25. The summed E-state index contributed by atoms with van der Waals surface area (Å²) >= 11 is 1.52. The Morgan fingerprint density at radius 1 is 1.38 bits per heavy atom. The maximum Gasteiger partial charge on any atom is 0.189 e. The van der Waals surface area contributed by atoms with E-state index in [4.69, 9.17) is 5.41 Å². The second kappa shape index (κ2) is 6.21. The Hall–Kier alpha value is -2.46. The summed E-state index contributed by atoms with van der Waals surface area (Å²) < 4.78 is 0. The molecule has 0 amide bonds. The van der Waals surface area contributed by atoms with Crippen LogP contribution in [-0.2, 0) is 0 Å². The average molecular weight is 335 g/mol. The Bertz CT molecular complexity index is 788. The smallest absolute Gasteiger partial charge is 0.189 e. The summed E-state index contributed by atoms with van der Waals surface area (Å²) in [5.74, 6) is -1.27. The van der Waals surface area contributed by atoms with Gasteiger partial charge in [0.2, 0.25) is 0 Å². The van der Waals surface area contributed by atoms with Gasteiger partial charge >= 0.3 is 0 Å². The predicted octanol–water partition coefficient (Wildman–Crippen LogP) is 2.92. The van der Waals surface area contributed by atoms with Gasteiger partial charge in [0.25, 0.3) is 0 Å². The van der Waals surface area contributed by atoms with Gasteiger partial charge in [0.1, 0.15) is 5.92 Å². The van der Waals surface area contributed by atoms with Crippen LogP contribution in [0.3, 0.4) is 0 Å². The van der Waals surface area contributed by atoms with Crippen LogP contribution < -0.4 is 0 Å². The van der Waals surface area contributed by atoms with Crippen molar-refractivity contribution in [2.75, 3.05) is 19.6 Å². The molecule has 24 heavy (non-hydrogen) atoms. The zero-order chi connectivity index (χ0) is 17.3. The number of nitrogens with one attached hydrogen (secondary N) is 1. The Kier molecular flexibility index (Phi) is 4.24. The minimum atomic E-state index is -1.58. The van der Waals surface area contributed by atoms with Gasteiger partial charge in [-0.15, -0.1) is 0 Å². The molecule has 120 valence electrons. The number of nitriles is 3. The van der Waals surface area contributed by atoms with E-state index in [-0.39, 0.29) is 11.6 Å². The molecule has 1 aromatic rings. The Morgan fingerprint density at radius 3 is 2.67 bits per heavy atom. The van der Waals surface area contributed by atoms with Gasteiger partial charge in [-0.05, 0) is 34.5 Å². The Balaban J connectivity index is 2.23. The highest BCUT2D eigenvalue weighted by Crippen LogP contribution is 2.53. The molecule has 0 bridgehead atoms. The molecule has 2 aliphatic rings. The van der Waals surface area contributed by atoms with E-state index in [0.29, 0.717) is 6.54 Å². The quantitative estimate of drug-likeness (QED) is 0.840. The van der Waals surface area contributed by atoms with Crippen molar-refractivity contribution in [3.05, 3.63) is 34.0 Å². The molecule has 1 saturated carbocycles. The van der Waals surface area contributed by atoms with Gasteiger partial charge in [-0.3, -0.25) is 4.90 Å². The van der Waals surface area contributed by atoms with Crippen LogP contribution in [0.15, 0.2) is 28.5 Å². The van der Waals surface area contributed by atoms with Crippen LogP contribution in [-0.4, -0.2) is 30.2 Å². The summed E-state index contributed by atoms with van der Waals surface area (Å²) in [7, 11) is 0. The fourth-order valence-corrected chi connectivity index (χ4v) is 4.65. The van der Waals surface area contributed by atoms with Crippen molar-refractivity contribution >= 4 is 17.0 Å². The highest BCUT2D eigenvalue weighted by Gasteiger charge is 2.57. The van der Waals surface area contributed by atoms with E-state index in [1.165, 1.54) is 11.3 Å². The molecule has 0 aromatic carbocycles. The molecule has 2 heterocycles. The normalized spacial score (nSPS) is 28.8. The third-order valence-electron chi connectivity index (χ3n) is 5.22. The van der Waals surface area contributed by atoms with Gasteiger partial charge in [-0.25, -0.2) is 0 Å². The number of nitrogens with zero attached hydrogens (tertiary/aromatic N) is 4. The van der Waals surface area contributed by atoms with E-state index in [9.17, 15) is 15.8 Å². The summed E-state index contributed by atoms with van der Waals surface area (Å²) in [6.45, 7) is 4.40. The minimum Gasteiger partial charge on any atom is -0.305 e. The first kappa shape index (κ1) is 16.4. The van der Waals surface area contributed by atoms with Crippen molar-refractivity contribution in [3.63, 3.8) is 0 Å². The lowest BCUT2D eigenvalue weighted by molar-refractivity contribution is 0.212. The van der Waals surface area contributed by atoms with Crippen LogP contribution in [0.25, 0.3) is 0 Å². The van der Waals surface area contributed by atoms with Gasteiger partial charge in [-0.2, -0.15) is 27.1 Å². The Morgan fingerprint density at radius 2 is 2.12 bits per heavy atom. The van der Waals surface area contributed by atoms with E-state index in [1.54, 1.807) is 0 Å². The van der Waals surface area contributed by atoms with Crippen LogP contribution in [0.2, 0.25) is 0 Å². The molecule has 1 aliphatic carbocycles. The third kappa shape index (κ3) is 2.18. The van der Waals surface area contributed by atoms with Crippen molar-refractivity contribution in [1.29, 1.82) is 21.2 Å². The van der Waals surface area contributed by atoms with Crippen LogP contribution in [0.1, 0.15) is 18.4 Å². The fraction of sp³-hybridized carbons (Fsp3) is 0.444. The third-order valence-corrected chi connectivity index (χ3v) is 5.92. The summed E-state index contributed by atoms with van der Waals surface area (Å²) in [6.07, 6.45) is 2.03. The van der Waals surface area contributed by atoms with Crippen molar-refractivity contribution in [2.24, 2.45) is 17.3 Å². The van der Waals surface area contributed by atoms with Gasteiger partial charge in [0.15, 0.2) is 5.41 Å². The van der Waals surface area contributed by atoms with Crippen LogP contribution in [0, 0.1) is 56.7 Å². The van der Waals surface area contributed by atoms with Crippen molar-refractivity contribution in [2.45, 2.75) is 12.8 Å². The van der Waals surface area contributed by atoms with Gasteiger partial charge in [-0.1, -0.05) is 13.0 Å². The molecule has 0 radical (unpaired) electrons. The van der Waals surface area contributed by atoms with Gasteiger partial charge in [0.05, 0.1) is 23.9 Å². The zero-order valence-corrected chi connectivity index (χ0v) is 14.2. The molecular weight excluding hydrogens is 318 g/mol. The molecule has 0 spiro atoms. The first-order chi connectivity index (χ1) is 11.6. The molecule has 3 rings (SSSR count). The predicted molar refractivity (Wildman–Crippen MR) is 91.2 cm³/mol. The lowest BCUT2D eigenvalue weighted by Crippen LogP contribution is -2.52. The standard InChI is InChI=1S/C18H17N5S/c1-2-23-5-3-13-14(7-19)17(22)18(10-20,11-21)16(15(13)8-23)12-4-6-24-9-12/h3-4,6,9,14-16,22H,2,5,8H2,1H3/t14?,15-,16-/m1/s1. The monoisotopic (exact) mass is 335 g/mol. The molecule has 1 unspecified atom stereocenters. The highest BCUT2D eigenvalue weighted by atomic mass is 32.1. The SMILES string of the molecule is CCN1CC=C2C(C#N)C(=N)C(C#N)(C#N)[C@H](c3ccsc3)[C@@H]2C1. The molecule has 0 saturated heterocycles. The summed E-state index contributed by atoms with van der Waals surface area (Å²) in [5, 5.41) is 41.7. The van der Waals surface area contributed by atoms with Crippen LogP contribution in [0.4, 0.5) is 0 Å². The molecule has 6 heteroatoms. The van der Waals surface area contributed by atoms with Crippen molar-refractivity contribution in [1.82, 2.24) is 4.90 Å². The molecule has 1 aliphatic heterocycles. The molecule has 1 fully saturated rings. The average Bonchev–Trinajstić information content (AvgIpc) is 3.14. The highest BCUT2D eigenvalue weighted by molar-refractivity contribution is 7.08. The molecule has 1 aromatic heterocycles. The lowest BCUT2D eigenvalue weighted by Gasteiger charge is -2.47. The van der Waals surface area contributed by atoms with E-state index >= 15 is 0 Å². The van der Waals surface area contributed by atoms with Crippen molar-refractivity contribution in [3.8, 4) is 18.2 Å². The van der Waals surface area contributed by atoms with E-state index in [0.717, 1.165) is 24.2 Å². The molecule has 1 N–H and O–H groups in total. The lowest BCUT2D eigenvalue weighted by atomic mass is 9.54. The fourth-order valence-electron chi connectivity index (χ4n) is 3.95. The first-order valence-corrected chi connectivity index (χ1v) is 8.82. The number of likely N-dealkylation sites (N-methyl/N-ethyl adjacent to an activating group) is 1. The summed E-state index contributed by atoms with van der Waals surface area (Å²) in [5.41, 5.74) is 0.168. The topological polar surface area (TPSA) is 98.5 Å². The molecule has 5 nitrogen and oxygen atoms in total. The van der Waals surface area contributed by atoms with Crippen LogP contribution in [0.5, 0.6) is 0 Å². The molecular formula is C18H17N5S. The van der Waals surface area contributed by atoms with E-state index in [1.807, 2.05) is 22.9 Å². The second-order valence-electron chi connectivity index (χ2n) is 6.20. The first-order valence-electron chi connectivity index (χ1n) is 7.88. The summed E-state index contributed by atoms with van der Waals surface area (Å²) in [6, 6.07) is 8.31.